The van der Waals surface area contributed by atoms with Crippen LogP contribution in [0.2, 0.25) is 0 Å². The molecule has 7 nitrogen and oxygen atoms in total. The third-order valence-corrected chi connectivity index (χ3v) is 5.29. The number of amides is 1. The fourth-order valence-corrected chi connectivity index (χ4v) is 3.78. The van der Waals surface area contributed by atoms with Crippen molar-refractivity contribution in [3.05, 3.63) is 59.1 Å². The number of esters is 1. The molecule has 0 aliphatic heterocycles. The Morgan fingerprint density at radius 1 is 1.17 bits per heavy atom. The van der Waals surface area contributed by atoms with E-state index in [1.807, 2.05) is 36.4 Å². The predicted octanol–water partition coefficient (Wildman–Crippen LogP) is 3.12. The van der Waals surface area contributed by atoms with Crippen LogP contribution in [0.25, 0.3) is 10.2 Å². The maximum atomic E-state index is 13.3. The highest BCUT2D eigenvalue weighted by atomic mass is 32.1. The quantitative estimate of drug-likeness (QED) is 0.415. The molecule has 1 aromatic heterocycles. The summed E-state index contributed by atoms with van der Waals surface area (Å²) in [6.45, 7) is 2.94. The van der Waals surface area contributed by atoms with Crippen molar-refractivity contribution in [2.45, 2.75) is 19.9 Å². The first-order valence-corrected chi connectivity index (χ1v) is 10.3. The van der Waals surface area contributed by atoms with Crippen LogP contribution in [-0.2, 0) is 16.1 Å². The number of ether oxygens (including phenoxy) is 1. The number of hydrazine groups is 1. The monoisotopic (exact) mass is 412 g/mol. The minimum atomic E-state index is -0.321. The number of nitrogens with zero attached hydrogens (tertiary/aromatic N) is 2. The maximum Gasteiger partial charge on any atom is 0.307 e. The third-order valence-electron chi connectivity index (χ3n) is 4.25. The highest BCUT2D eigenvalue weighted by Crippen LogP contribution is 2.25. The molecule has 152 valence electrons. The first-order valence-electron chi connectivity index (χ1n) is 9.44. The number of anilines is 1. The Morgan fingerprint density at radius 2 is 1.97 bits per heavy atom. The molecule has 1 amide bonds. The lowest BCUT2D eigenvalue weighted by Gasteiger charge is -2.22. The number of carbonyl (C=O) groups excluding carboxylic acids is 2. The van der Waals surface area contributed by atoms with Crippen LogP contribution in [0.5, 0.6) is 0 Å². The topological polar surface area (TPSA) is 83.6 Å². The Morgan fingerprint density at radius 3 is 2.69 bits per heavy atom. The van der Waals surface area contributed by atoms with Gasteiger partial charge in [-0.3, -0.25) is 20.4 Å². The molecular weight excluding hydrogens is 388 g/mol. The summed E-state index contributed by atoms with van der Waals surface area (Å²) in [5.74, 6) is -0.497. The number of para-hydroxylation sites is 1. The second-order valence-electron chi connectivity index (χ2n) is 6.24. The van der Waals surface area contributed by atoms with Gasteiger partial charge in [-0.15, -0.1) is 11.3 Å². The normalized spacial score (nSPS) is 10.8. The van der Waals surface area contributed by atoms with Gasteiger partial charge in [0.15, 0.2) is 0 Å². The van der Waals surface area contributed by atoms with Crippen LogP contribution in [0, 0.1) is 0 Å². The Labute approximate surface area is 173 Å². The molecule has 29 heavy (non-hydrogen) atoms. The summed E-state index contributed by atoms with van der Waals surface area (Å²) in [4.78, 5) is 31.3. The van der Waals surface area contributed by atoms with E-state index < -0.39 is 0 Å². The summed E-state index contributed by atoms with van der Waals surface area (Å²) in [5.41, 5.74) is 7.94. The molecule has 0 bridgehead atoms. The number of benzene rings is 2. The molecule has 0 saturated heterocycles. The highest BCUT2D eigenvalue weighted by Gasteiger charge is 2.20. The summed E-state index contributed by atoms with van der Waals surface area (Å²) >= 11 is 1.58. The second-order valence-corrected chi connectivity index (χ2v) is 7.36. The molecular formula is C21H24N4O3S. The van der Waals surface area contributed by atoms with Crippen LogP contribution in [0.4, 0.5) is 5.69 Å². The molecule has 0 aliphatic rings. The number of rotatable bonds is 9. The molecule has 3 rings (SSSR count). The molecule has 0 radical (unpaired) electrons. The molecule has 0 unspecified atom stereocenters. The second kappa shape index (κ2) is 10.1. The van der Waals surface area contributed by atoms with Crippen molar-refractivity contribution in [1.82, 2.24) is 15.8 Å². The largest absolute Gasteiger partial charge is 0.466 e. The van der Waals surface area contributed by atoms with Gasteiger partial charge in [-0.25, -0.2) is 4.98 Å². The van der Waals surface area contributed by atoms with E-state index in [4.69, 9.17) is 4.74 Å². The van der Waals surface area contributed by atoms with Gasteiger partial charge < -0.3 is 9.64 Å². The summed E-state index contributed by atoms with van der Waals surface area (Å²) in [6, 6.07) is 14.8. The average Bonchev–Trinajstić information content (AvgIpc) is 3.15. The van der Waals surface area contributed by atoms with Crippen LogP contribution < -0.4 is 15.8 Å². The van der Waals surface area contributed by atoms with E-state index in [-0.39, 0.29) is 24.8 Å². The lowest BCUT2D eigenvalue weighted by atomic mass is 10.1. The molecule has 0 spiro atoms. The van der Waals surface area contributed by atoms with E-state index >= 15 is 0 Å². The van der Waals surface area contributed by atoms with Crippen LogP contribution in [0.1, 0.15) is 28.7 Å². The highest BCUT2D eigenvalue weighted by molar-refractivity contribution is 7.18. The zero-order chi connectivity index (χ0) is 20.6. The Balaban J connectivity index is 1.85. The van der Waals surface area contributed by atoms with Crippen LogP contribution >= 0.6 is 11.3 Å². The van der Waals surface area contributed by atoms with E-state index in [2.05, 4.69) is 15.8 Å². The number of hydrogen-bond acceptors (Lipinski definition) is 7. The number of carbonyl (C=O) groups is 2. The van der Waals surface area contributed by atoms with Gasteiger partial charge in [0.05, 0.1) is 29.8 Å². The molecule has 1 heterocycles. The smallest absolute Gasteiger partial charge is 0.307 e. The van der Waals surface area contributed by atoms with E-state index in [9.17, 15) is 9.59 Å². The molecule has 0 atom stereocenters. The molecule has 2 aromatic carbocycles. The Hall–Kier alpha value is -2.81. The summed E-state index contributed by atoms with van der Waals surface area (Å²) in [6.07, 6.45) is 0.132. The van der Waals surface area contributed by atoms with Gasteiger partial charge >= 0.3 is 5.97 Å². The van der Waals surface area contributed by atoms with Gasteiger partial charge in [-0.2, -0.15) is 0 Å². The van der Waals surface area contributed by atoms with Crippen LogP contribution in [0.15, 0.2) is 48.5 Å². The van der Waals surface area contributed by atoms with Crippen molar-refractivity contribution in [3.8, 4) is 0 Å². The standard InChI is InChI=1S/C21H24N4O3S/c1-3-28-20(26)11-12-25(16-7-5-4-6-8-16)21(27)15-9-10-18-17(13-15)24-19(29-18)14-23-22-2/h4-10,13,22-23H,3,11-12,14H2,1-2H3. The average molecular weight is 413 g/mol. The SMILES string of the molecule is CCOC(=O)CCN(C(=O)c1ccc2sc(CNNC)nc2c1)c1ccccc1. The van der Waals surface area contributed by atoms with Gasteiger partial charge in [0.1, 0.15) is 5.01 Å². The van der Waals surface area contributed by atoms with Crippen LogP contribution in [-0.4, -0.2) is 37.1 Å². The summed E-state index contributed by atoms with van der Waals surface area (Å²) in [5, 5.41) is 0.932. The van der Waals surface area contributed by atoms with Gasteiger partial charge in [0.25, 0.3) is 5.91 Å². The van der Waals surface area contributed by atoms with E-state index in [0.717, 1.165) is 20.9 Å². The zero-order valence-electron chi connectivity index (χ0n) is 16.5. The number of fused-ring (bicyclic) bond motifs is 1. The minimum Gasteiger partial charge on any atom is -0.466 e. The van der Waals surface area contributed by atoms with Gasteiger partial charge in [-0.05, 0) is 44.3 Å². The van der Waals surface area contributed by atoms with Crippen molar-refractivity contribution in [1.29, 1.82) is 0 Å². The van der Waals surface area contributed by atoms with Crippen molar-refractivity contribution in [2.24, 2.45) is 0 Å². The first-order chi connectivity index (χ1) is 14.1. The molecule has 3 aromatic rings. The van der Waals surface area contributed by atoms with Crippen molar-refractivity contribution in [3.63, 3.8) is 0 Å². The maximum absolute atomic E-state index is 13.3. The third kappa shape index (κ3) is 5.38. The van der Waals surface area contributed by atoms with Crippen molar-refractivity contribution >= 4 is 39.1 Å². The number of hydrogen-bond donors (Lipinski definition) is 2. The fourth-order valence-electron chi connectivity index (χ4n) is 2.90. The Kier molecular flexibility index (Phi) is 7.29. The molecule has 8 heteroatoms. The predicted molar refractivity (Wildman–Crippen MR) is 115 cm³/mol. The molecule has 0 saturated carbocycles. The zero-order valence-corrected chi connectivity index (χ0v) is 17.3. The lowest BCUT2D eigenvalue weighted by Crippen LogP contribution is -2.33. The number of nitrogens with one attached hydrogen (secondary N) is 2. The minimum absolute atomic E-state index is 0.132. The summed E-state index contributed by atoms with van der Waals surface area (Å²) in [7, 11) is 1.80. The fraction of sp³-hybridized carbons (Fsp3) is 0.286. The van der Waals surface area contributed by atoms with Gasteiger partial charge in [-0.1, -0.05) is 18.2 Å². The number of thiazole rings is 1. The van der Waals surface area contributed by atoms with Gasteiger partial charge in [0.2, 0.25) is 0 Å². The number of aromatic nitrogens is 1. The molecule has 0 aliphatic carbocycles. The van der Waals surface area contributed by atoms with Crippen LogP contribution in [0.3, 0.4) is 0 Å². The molecule has 0 fully saturated rings. The van der Waals surface area contributed by atoms with E-state index in [0.29, 0.717) is 18.7 Å². The lowest BCUT2D eigenvalue weighted by molar-refractivity contribution is -0.142. The van der Waals surface area contributed by atoms with E-state index in [1.54, 1.807) is 42.3 Å². The van der Waals surface area contributed by atoms with Crippen molar-refractivity contribution < 1.29 is 14.3 Å². The first kappa shape index (κ1) is 20.9. The van der Waals surface area contributed by atoms with Crippen molar-refractivity contribution in [2.75, 3.05) is 25.1 Å². The van der Waals surface area contributed by atoms with Gasteiger partial charge in [0, 0.05) is 17.8 Å². The summed E-state index contributed by atoms with van der Waals surface area (Å²) < 4.78 is 6.03. The Bertz CT molecular complexity index is 974. The van der Waals surface area contributed by atoms with E-state index in [1.165, 1.54) is 0 Å². The molecule has 2 N–H and O–H groups in total.